The van der Waals surface area contributed by atoms with Gasteiger partial charge in [0, 0.05) is 50.0 Å². The van der Waals surface area contributed by atoms with Crippen LogP contribution in [0.15, 0.2) is 67.1 Å². The summed E-state index contributed by atoms with van der Waals surface area (Å²) >= 11 is 0. The molecule has 1 unspecified atom stereocenters. The molecule has 3 heterocycles. The zero-order chi connectivity index (χ0) is 19.2. The molecule has 1 aliphatic rings. The summed E-state index contributed by atoms with van der Waals surface area (Å²) in [5.74, 6) is 0.746. The SMILES string of the molecule is CN(CCc1ccccc1)C1CCCN(Cc2cccn2-c2ncccn2)C1. The van der Waals surface area contributed by atoms with Crippen molar-refractivity contribution in [3.8, 4) is 5.95 Å². The first-order chi connectivity index (χ1) is 13.8. The maximum atomic E-state index is 4.40. The van der Waals surface area contributed by atoms with Crippen LogP contribution in [0, 0.1) is 0 Å². The molecule has 0 bridgehead atoms. The van der Waals surface area contributed by atoms with Gasteiger partial charge in [-0.2, -0.15) is 0 Å². The quantitative estimate of drug-likeness (QED) is 0.634. The van der Waals surface area contributed by atoms with Crippen molar-refractivity contribution in [1.82, 2.24) is 24.3 Å². The first-order valence-electron chi connectivity index (χ1n) is 10.2. The third kappa shape index (κ3) is 4.66. The molecule has 1 aromatic carbocycles. The molecule has 5 nitrogen and oxygen atoms in total. The summed E-state index contributed by atoms with van der Waals surface area (Å²) in [6.07, 6.45) is 9.29. The molecule has 0 spiro atoms. The second kappa shape index (κ2) is 9.13. The summed E-state index contributed by atoms with van der Waals surface area (Å²) in [7, 11) is 2.28. The van der Waals surface area contributed by atoms with Crippen molar-refractivity contribution in [2.45, 2.75) is 31.8 Å². The van der Waals surface area contributed by atoms with Crippen molar-refractivity contribution < 1.29 is 0 Å². The summed E-state index contributed by atoms with van der Waals surface area (Å²) in [6.45, 7) is 4.32. The van der Waals surface area contributed by atoms with Crippen molar-refractivity contribution in [2.75, 3.05) is 26.7 Å². The Bertz CT molecular complexity index is 846. The fourth-order valence-electron chi connectivity index (χ4n) is 4.05. The van der Waals surface area contributed by atoms with Gasteiger partial charge in [-0.05, 0) is 56.6 Å². The van der Waals surface area contributed by atoms with E-state index in [1.807, 2.05) is 6.07 Å². The van der Waals surface area contributed by atoms with Gasteiger partial charge in [-0.3, -0.25) is 9.47 Å². The molecule has 0 radical (unpaired) electrons. The molecule has 2 aromatic heterocycles. The first-order valence-corrected chi connectivity index (χ1v) is 10.2. The largest absolute Gasteiger partial charge is 0.302 e. The summed E-state index contributed by atoms with van der Waals surface area (Å²) in [5, 5.41) is 0. The van der Waals surface area contributed by atoms with Crippen molar-refractivity contribution >= 4 is 0 Å². The van der Waals surface area contributed by atoms with Gasteiger partial charge in [0.25, 0.3) is 0 Å². The standard InChI is InChI=1S/C23H29N5/c1-26(17-12-20-8-3-2-4-9-20)21-10-5-15-27(18-21)19-22-11-6-16-28(22)23-24-13-7-14-25-23/h2-4,6-9,11,13-14,16,21H,5,10,12,15,17-19H2,1H3. The fraction of sp³-hybridized carbons (Fsp3) is 0.391. The highest BCUT2D eigenvalue weighted by Crippen LogP contribution is 2.19. The molecule has 5 heteroatoms. The van der Waals surface area contributed by atoms with E-state index in [0.29, 0.717) is 6.04 Å². The molecule has 28 heavy (non-hydrogen) atoms. The summed E-state index contributed by atoms with van der Waals surface area (Å²) < 4.78 is 2.10. The van der Waals surface area contributed by atoms with E-state index >= 15 is 0 Å². The van der Waals surface area contributed by atoms with Crippen LogP contribution in [0.1, 0.15) is 24.1 Å². The first kappa shape index (κ1) is 18.8. The van der Waals surface area contributed by atoms with Gasteiger partial charge in [0.15, 0.2) is 0 Å². The van der Waals surface area contributed by atoms with Crippen molar-refractivity contribution in [3.05, 3.63) is 78.4 Å². The monoisotopic (exact) mass is 375 g/mol. The highest BCUT2D eigenvalue weighted by molar-refractivity contribution is 5.20. The van der Waals surface area contributed by atoms with Crippen LogP contribution in [-0.4, -0.2) is 57.1 Å². The highest BCUT2D eigenvalue weighted by Gasteiger charge is 2.23. The Labute approximate surface area is 167 Å². The maximum absolute atomic E-state index is 4.40. The van der Waals surface area contributed by atoms with Gasteiger partial charge < -0.3 is 4.90 Å². The van der Waals surface area contributed by atoms with Crippen molar-refractivity contribution in [3.63, 3.8) is 0 Å². The number of hydrogen-bond acceptors (Lipinski definition) is 4. The van der Waals surface area contributed by atoms with Gasteiger partial charge in [-0.1, -0.05) is 30.3 Å². The Balaban J connectivity index is 1.35. The lowest BCUT2D eigenvalue weighted by Crippen LogP contribution is -2.46. The number of likely N-dealkylation sites (tertiary alicyclic amines) is 1. The molecule has 1 atom stereocenters. The predicted molar refractivity (Wildman–Crippen MR) is 112 cm³/mol. The molecular weight excluding hydrogens is 346 g/mol. The fourth-order valence-corrected chi connectivity index (χ4v) is 4.05. The van der Waals surface area contributed by atoms with E-state index in [9.17, 15) is 0 Å². The van der Waals surface area contributed by atoms with Gasteiger partial charge in [0.2, 0.25) is 5.95 Å². The Morgan fingerprint density at radius 2 is 1.86 bits per heavy atom. The number of hydrogen-bond donors (Lipinski definition) is 0. The van der Waals surface area contributed by atoms with E-state index in [1.54, 1.807) is 12.4 Å². The van der Waals surface area contributed by atoms with Gasteiger partial charge in [-0.25, -0.2) is 9.97 Å². The summed E-state index contributed by atoms with van der Waals surface area (Å²) in [4.78, 5) is 13.9. The van der Waals surface area contributed by atoms with Crippen LogP contribution in [0.2, 0.25) is 0 Å². The number of piperidine rings is 1. The molecule has 1 aliphatic heterocycles. The van der Waals surface area contributed by atoms with Crippen LogP contribution >= 0.6 is 0 Å². The molecule has 0 N–H and O–H groups in total. The second-order valence-corrected chi connectivity index (χ2v) is 7.67. The summed E-state index contributed by atoms with van der Waals surface area (Å²) in [5.41, 5.74) is 2.67. The number of aromatic nitrogens is 3. The van der Waals surface area contributed by atoms with E-state index < -0.39 is 0 Å². The molecule has 1 fully saturated rings. The topological polar surface area (TPSA) is 37.2 Å². The number of nitrogens with zero attached hydrogens (tertiary/aromatic N) is 5. The number of likely N-dealkylation sites (N-methyl/N-ethyl adjacent to an activating group) is 1. The van der Waals surface area contributed by atoms with Crippen LogP contribution in [0.25, 0.3) is 5.95 Å². The predicted octanol–water partition coefficient (Wildman–Crippen LogP) is 3.41. The minimum absolute atomic E-state index is 0.619. The molecule has 0 aliphatic carbocycles. The normalized spacial score (nSPS) is 17.9. The Morgan fingerprint density at radius 3 is 2.68 bits per heavy atom. The molecule has 0 saturated carbocycles. The average Bonchev–Trinajstić information content (AvgIpc) is 3.21. The molecular formula is C23H29N5. The lowest BCUT2D eigenvalue weighted by molar-refractivity contribution is 0.111. The van der Waals surface area contributed by atoms with E-state index in [-0.39, 0.29) is 0 Å². The highest BCUT2D eigenvalue weighted by atomic mass is 15.2. The third-order valence-electron chi connectivity index (χ3n) is 5.69. The molecule has 1 saturated heterocycles. The third-order valence-corrected chi connectivity index (χ3v) is 5.69. The van der Waals surface area contributed by atoms with Gasteiger partial charge in [0.1, 0.15) is 0 Å². The van der Waals surface area contributed by atoms with Crippen molar-refractivity contribution in [2.24, 2.45) is 0 Å². The molecule has 3 aromatic rings. The summed E-state index contributed by atoms with van der Waals surface area (Å²) in [6, 6.07) is 17.5. The zero-order valence-corrected chi connectivity index (χ0v) is 16.6. The average molecular weight is 376 g/mol. The maximum Gasteiger partial charge on any atom is 0.233 e. The van der Waals surface area contributed by atoms with Gasteiger partial charge >= 0.3 is 0 Å². The minimum atomic E-state index is 0.619. The lowest BCUT2D eigenvalue weighted by atomic mass is 10.0. The van der Waals surface area contributed by atoms with Gasteiger partial charge in [0.05, 0.1) is 0 Å². The number of benzene rings is 1. The van der Waals surface area contributed by atoms with Crippen LogP contribution in [0.3, 0.4) is 0 Å². The Hall–Kier alpha value is -2.50. The molecule has 4 rings (SSSR count). The van der Waals surface area contributed by atoms with Crippen LogP contribution in [0.4, 0.5) is 0 Å². The molecule has 0 amide bonds. The van der Waals surface area contributed by atoms with Gasteiger partial charge in [-0.15, -0.1) is 0 Å². The second-order valence-electron chi connectivity index (χ2n) is 7.67. The van der Waals surface area contributed by atoms with Crippen LogP contribution in [-0.2, 0) is 13.0 Å². The van der Waals surface area contributed by atoms with E-state index in [2.05, 4.69) is 80.0 Å². The van der Waals surface area contributed by atoms with Crippen molar-refractivity contribution in [1.29, 1.82) is 0 Å². The molecule has 146 valence electrons. The van der Waals surface area contributed by atoms with Crippen LogP contribution < -0.4 is 0 Å². The lowest BCUT2D eigenvalue weighted by Gasteiger charge is -2.37. The zero-order valence-electron chi connectivity index (χ0n) is 16.6. The smallest absolute Gasteiger partial charge is 0.233 e. The minimum Gasteiger partial charge on any atom is -0.302 e. The number of rotatable bonds is 7. The van der Waals surface area contributed by atoms with E-state index in [0.717, 1.165) is 38.5 Å². The van der Waals surface area contributed by atoms with Crippen LogP contribution in [0.5, 0.6) is 0 Å². The Kier molecular flexibility index (Phi) is 6.14. The Morgan fingerprint density at radius 1 is 1.04 bits per heavy atom. The van der Waals surface area contributed by atoms with E-state index in [1.165, 1.54) is 24.1 Å². The van der Waals surface area contributed by atoms with E-state index in [4.69, 9.17) is 0 Å².